The summed E-state index contributed by atoms with van der Waals surface area (Å²) in [6.45, 7) is 3.01. The molecule has 0 aliphatic rings. The number of phenolic OH excluding ortho intramolecular Hbond substituents is 1. The van der Waals surface area contributed by atoms with E-state index in [-0.39, 0.29) is 32.3 Å². The van der Waals surface area contributed by atoms with Gasteiger partial charge in [0.25, 0.3) is 5.56 Å². The van der Waals surface area contributed by atoms with Gasteiger partial charge in [0.15, 0.2) is 5.75 Å². The number of rotatable bonds is 4. The second-order valence-electron chi connectivity index (χ2n) is 5.14. The smallest absolute Gasteiger partial charge is 0.263 e. The van der Waals surface area contributed by atoms with Gasteiger partial charge in [0.05, 0.1) is 22.0 Å². The van der Waals surface area contributed by atoms with Crippen LogP contribution in [0.15, 0.2) is 10.9 Å². The van der Waals surface area contributed by atoms with E-state index in [1.165, 1.54) is 6.07 Å². The highest BCUT2D eigenvalue weighted by molar-refractivity contribution is 6.39. The lowest BCUT2D eigenvalue weighted by molar-refractivity contribution is 0.375. The average Bonchev–Trinajstić information content (AvgIpc) is 2.39. The van der Waals surface area contributed by atoms with Crippen LogP contribution in [0.5, 0.6) is 5.75 Å². The summed E-state index contributed by atoms with van der Waals surface area (Å²) >= 11 is 12.0. The number of fused-ring (bicyclic) bond motifs is 1. The van der Waals surface area contributed by atoms with Crippen LogP contribution in [0.2, 0.25) is 10.0 Å². The number of hydrogen-bond acceptors (Lipinski definition) is 4. The zero-order valence-corrected chi connectivity index (χ0v) is 13.7. The Morgan fingerprint density at radius 2 is 2.00 bits per heavy atom. The van der Waals surface area contributed by atoms with Crippen LogP contribution in [0.4, 0.5) is 0 Å². The van der Waals surface area contributed by atoms with Gasteiger partial charge in [-0.05, 0) is 26.6 Å². The Bertz CT molecular complexity index is 741. The largest absolute Gasteiger partial charge is 0.504 e. The zero-order valence-electron chi connectivity index (χ0n) is 12.2. The standard InChI is InChI=1S/C14H17Cl2N3O2/c1-4-5-19-10(7-18(2)3)17-12-11(14(19)21)8(15)6-9(16)13(12)20/h6,20H,4-5,7H2,1-3H3. The predicted molar refractivity (Wildman–Crippen MR) is 85.4 cm³/mol. The van der Waals surface area contributed by atoms with Crippen molar-refractivity contribution in [1.82, 2.24) is 14.5 Å². The lowest BCUT2D eigenvalue weighted by Crippen LogP contribution is -2.28. The van der Waals surface area contributed by atoms with Crippen molar-refractivity contribution in [2.45, 2.75) is 26.4 Å². The molecule has 0 saturated carbocycles. The Hall–Kier alpha value is -1.30. The van der Waals surface area contributed by atoms with Crippen LogP contribution < -0.4 is 5.56 Å². The fourth-order valence-corrected chi connectivity index (χ4v) is 2.74. The third-order valence-electron chi connectivity index (χ3n) is 3.10. The van der Waals surface area contributed by atoms with Gasteiger partial charge in [0, 0.05) is 6.54 Å². The lowest BCUT2D eigenvalue weighted by atomic mass is 10.2. The third-order valence-corrected chi connectivity index (χ3v) is 3.68. The van der Waals surface area contributed by atoms with Crippen molar-refractivity contribution >= 4 is 34.1 Å². The van der Waals surface area contributed by atoms with Gasteiger partial charge < -0.3 is 10.0 Å². The number of nitrogens with zero attached hydrogens (tertiary/aromatic N) is 3. The molecule has 0 saturated heterocycles. The van der Waals surface area contributed by atoms with E-state index in [1.54, 1.807) is 4.57 Å². The summed E-state index contributed by atoms with van der Waals surface area (Å²) in [6.07, 6.45) is 0.796. The van der Waals surface area contributed by atoms with Gasteiger partial charge in [-0.3, -0.25) is 9.36 Å². The fourth-order valence-electron chi connectivity index (χ4n) is 2.21. The minimum atomic E-state index is -0.254. The van der Waals surface area contributed by atoms with Crippen LogP contribution in [0, 0.1) is 0 Å². The van der Waals surface area contributed by atoms with E-state index in [4.69, 9.17) is 23.2 Å². The predicted octanol–water partition coefficient (Wildman–Crippen LogP) is 2.88. The first kappa shape index (κ1) is 16.1. The summed E-state index contributed by atoms with van der Waals surface area (Å²) in [4.78, 5) is 19.0. The van der Waals surface area contributed by atoms with Crippen LogP contribution in [0.25, 0.3) is 10.9 Å². The molecule has 1 aromatic heterocycles. The van der Waals surface area contributed by atoms with Crippen molar-refractivity contribution in [3.63, 3.8) is 0 Å². The molecule has 114 valence electrons. The number of halogens is 2. The van der Waals surface area contributed by atoms with E-state index in [9.17, 15) is 9.90 Å². The van der Waals surface area contributed by atoms with Gasteiger partial charge in [0.1, 0.15) is 11.3 Å². The maximum Gasteiger partial charge on any atom is 0.263 e. The first-order valence-corrected chi connectivity index (χ1v) is 7.37. The zero-order chi connectivity index (χ0) is 15.7. The average molecular weight is 330 g/mol. The quantitative estimate of drug-likeness (QED) is 0.936. The van der Waals surface area contributed by atoms with Gasteiger partial charge in [-0.25, -0.2) is 4.98 Å². The molecule has 5 nitrogen and oxygen atoms in total. The van der Waals surface area contributed by atoms with E-state index in [0.717, 1.165) is 6.42 Å². The molecule has 0 fully saturated rings. The van der Waals surface area contributed by atoms with Crippen LogP contribution in [0.3, 0.4) is 0 Å². The highest BCUT2D eigenvalue weighted by Crippen LogP contribution is 2.34. The molecule has 0 bridgehead atoms. The second kappa shape index (κ2) is 6.22. The number of aromatic nitrogens is 2. The van der Waals surface area contributed by atoms with Crippen molar-refractivity contribution in [1.29, 1.82) is 0 Å². The molecular weight excluding hydrogens is 313 g/mol. The summed E-state index contributed by atoms with van der Waals surface area (Å²) in [6, 6.07) is 1.37. The molecule has 0 aliphatic carbocycles. The van der Waals surface area contributed by atoms with Crippen molar-refractivity contribution in [2.24, 2.45) is 0 Å². The van der Waals surface area contributed by atoms with Crippen molar-refractivity contribution in [3.05, 3.63) is 32.3 Å². The van der Waals surface area contributed by atoms with Gasteiger partial charge in [-0.1, -0.05) is 30.1 Å². The molecule has 0 unspecified atom stereocenters. The van der Waals surface area contributed by atoms with Gasteiger partial charge >= 0.3 is 0 Å². The maximum atomic E-state index is 12.7. The molecule has 0 aliphatic heterocycles. The van der Waals surface area contributed by atoms with Crippen molar-refractivity contribution < 1.29 is 5.11 Å². The molecule has 2 rings (SSSR count). The Morgan fingerprint density at radius 3 is 2.57 bits per heavy atom. The summed E-state index contributed by atoms with van der Waals surface area (Å²) in [5.74, 6) is 0.366. The lowest BCUT2D eigenvalue weighted by Gasteiger charge is -2.17. The highest BCUT2D eigenvalue weighted by atomic mass is 35.5. The summed E-state index contributed by atoms with van der Waals surface area (Å²) in [5.41, 5.74) is -0.0997. The van der Waals surface area contributed by atoms with E-state index in [2.05, 4.69) is 4.98 Å². The molecular formula is C14H17Cl2N3O2. The number of aromatic hydroxyl groups is 1. The molecule has 1 heterocycles. The van der Waals surface area contributed by atoms with Crippen LogP contribution in [-0.2, 0) is 13.1 Å². The maximum absolute atomic E-state index is 12.7. The van der Waals surface area contributed by atoms with E-state index in [0.29, 0.717) is 18.9 Å². The number of benzene rings is 1. The van der Waals surface area contributed by atoms with Gasteiger partial charge in [-0.2, -0.15) is 0 Å². The Labute approximate surface area is 132 Å². The fraction of sp³-hybridized carbons (Fsp3) is 0.429. The molecule has 0 amide bonds. The van der Waals surface area contributed by atoms with Crippen LogP contribution >= 0.6 is 23.2 Å². The molecule has 2 aromatic rings. The molecule has 1 aromatic carbocycles. The number of phenols is 1. The third kappa shape index (κ3) is 3.00. The monoisotopic (exact) mass is 329 g/mol. The number of hydrogen-bond donors (Lipinski definition) is 1. The Kier molecular flexibility index (Phi) is 4.76. The topological polar surface area (TPSA) is 58.4 Å². The Morgan fingerprint density at radius 1 is 1.33 bits per heavy atom. The normalized spacial score (nSPS) is 11.5. The van der Waals surface area contributed by atoms with E-state index < -0.39 is 0 Å². The molecule has 1 N–H and O–H groups in total. The first-order chi connectivity index (χ1) is 9.86. The van der Waals surface area contributed by atoms with Crippen molar-refractivity contribution in [3.8, 4) is 5.75 Å². The highest BCUT2D eigenvalue weighted by Gasteiger charge is 2.18. The minimum absolute atomic E-state index is 0.0865. The second-order valence-corrected chi connectivity index (χ2v) is 5.95. The van der Waals surface area contributed by atoms with E-state index >= 15 is 0 Å². The molecule has 0 radical (unpaired) electrons. The van der Waals surface area contributed by atoms with Crippen molar-refractivity contribution in [2.75, 3.05) is 14.1 Å². The van der Waals surface area contributed by atoms with Crippen LogP contribution in [-0.4, -0.2) is 33.7 Å². The SMILES string of the molecule is CCCn1c(CN(C)C)nc2c(O)c(Cl)cc(Cl)c2c1=O. The Balaban J connectivity index is 2.87. The van der Waals surface area contributed by atoms with E-state index in [1.807, 2.05) is 25.9 Å². The molecule has 0 spiro atoms. The molecule has 21 heavy (non-hydrogen) atoms. The summed E-state index contributed by atoms with van der Waals surface area (Å²) < 4.78 is 1.60. The molecule has 0 atom stereocenters. The van der Waals surface area contributed by atoms with Gasteiger partial charge in [-0.15, -0.1) is 0 Å². The van der Waals surface area contributed by atoms with Crippen LogP contribution in [0.1, 0.15) is 19.2 Å². The minimum Gasteiger partial charge on any atom is -0.504 e. The van der Waals surface area contributed by atoms with Gasteiger partial charge in [0.2, 0.25) is 0 Å². The first-order valence-electron chi connectivity index (χ1n) is 6.62. The summed E-state index contributed by atoms with van der Waals surface area (Å²) in [7, 11) is 3.77. The summed E-state index contributed by atoms with van der Waals surface area (Å²) in [5, 5.41) is 10.6. The molecule has 7 heteroatoms.